The largest absolute Gasteiger partial charge is 0.481 e. The Hall–Kier alpha value is -1.40. The van der Waals surface area contributed by atoms with Gasteiger partial charge >= 0.3 is 5.97 Å². The molecule has 0 saturated heterocycles. The van der Waals surface area contributed by atoms with Gasteiger partial charge in [0, 0.05) is 13.7 Å². The number of hydrogen-bond acceptors (Lipinski definition) is 4. The minimum atomic E-state index is -0.943. The number of nitrogens with one attached hydrogen (secondary N) is 1. The van der Waals surface area contributed by atoms with Crippen molar-refractivity contribution in [3.63, 3.8) is 0 Å². The molecule has 1 atom stereocenters. The van der Waals surface area contributed by atoms with Crippen molar-refractivity contribution in [2.24, 2.45) is 0 Å². The number of thiophene rings is 1. The summed E-state index contributed by atoms with van der Waals surface area (Å²) < 4.78 is 4.99. The summed E-state index contributed by atoms with van der Waals surface area (Å²) >= 11 is 1.39. The zero-order valence-corrected chi connectivity index (χ0v) is 11.3. The minimum absolute atomic E-state index is 0.123. The third kappa shape index (κ3) is 4.12. The van der Waals surface area contributed by atoms with Crippen LogP contribution in [0.2, 0.25) is 0 Å². The van der Waals surface area contributed by atoms with Crippen LogP contribution in [0.3, 0.4) is 0 Å². The van der Waals surface area contributed by atoms with Crippen molar-refractivity contribution in [1.82, 2.24) is 5.32 Å². The van der Waals surface area contributed by atoms with Crippen LogP contribution < -0.4 is 5.32 Å². The van der Waals surface area contributed by atoms with Crippen LogP contribution in [0.15, 0.2) is 11.4 Å². The molecule has 0 aliphatic rings. The van der Waals surface area contributed by atoms with Gasteiger partial charge in [-0.25, -0.2) is 0 Å². The van der Waals surface area contributed by atoms with Gasteiger partial charge in [-0.2, -0.15) is 0 Å². The van der Waals surface area contributed by atoms with Crippen molar-refractivity contribution < 1.29 is 19.4 Å². The first-order chi connectivity index (χ1) is 8.58. The number of rotatable bonds is 7. The second-order valence-electron chi connectivity index (χ2n) is 3.79. The van der Waals surface area contributed by atoms with Crippen LogP contribution in [0.4, 0.5) is 0 Å². The van der Waals surface area contributed by atoms with E-state index in [0.29, 0.717) is 4.88 Å². The highest BCUT2D eigenvalue weighted by Crippen LogP contribution is 2.17. The Kier molecular flexibility index (Phi) is 5.80. The maximum Gasteiger partial charge on any atom is 0.306 e. The van der Waals surface area contributed by atoms with E-state index < -0.39 is 12.1 Å². The van der Waals surface area contributed by atoms with E-state index in [9.17, 15) is 9.59 Å². The summed E-state index contributed by atoms with van der Waals surface area (Å²) in [5.74, 6) is -1.12. The highest BCUT2D eigenvalue weighted by atomic mass is 32.1. The van der Waals surface area contributed by atoms with Crippen LogP contribution in [0.25, 0.3) is 0 Å². The Morgan fingerprint density at radius 3 is 2.83 bits per heavy atom. The molecule has 6 heteroatoms. The van der Waals surface area contributed by atoms with Crippen molar-refractivity contribution in [1.29, 1.82) is 0 Å². The van der Waals surface area contributed by atoms with Crippen molar-refractivity contribution in [3.8, 4) is 0 Å². The van der Waals surface area contributed by atoms with Gasteiger partial charge in [0.25, 0.3) is 5.91 Å². The molecule has 1 rings (SSSR count). The van der Waals surface area contributed by atoms with E-state index in [2.05, 4.69) is 5.32 Å². The van der Waals surface area contributed by atoms with Crippen molar-refractivity contribution in [2.45, 2.75) is 25.9 Å². The van der Waals surface area contributed by atoms with Gasteiger partial charge in [-0.1, -0.05) is 6.92 Å². The van der Waals surface area contributed by atoms with Gasteiger partial charge in [0.2, 0.25) is 0 Å². The number of amides is 1. The van der Waals surface area contributed by atoms with E-state index in [1.54, 1.807) is 0 Å². The molecule has 18 heavy (non-hydrogen) atoms. The van der Waals surface area contributed by atoms with Crippen LogP contribution >= 0.6 is 11.3 Å². The van der Waals surface area contributed by atoms with E-state index in [0.717, 1.165) is 12.0 Å². The topological polar surface area (TPSA) is 75.6 Å². The normalized spacial score (nSPS) is 12.1. The minimum Gasteiger partial charge on any atom is -0.481 e. The van der Waals surface area contributed by atoms with Gasteiger partial charge in [-0.05, 0) is 23.4 Å². The predicted molar refractivity (Wildman–Crippen MR) is 69.1 cm³/mol. The van der Waals surface area contributed by atoms with Crippen LogP contribution in [-0.2, 0) is 16.0 Å². The van der Waals surface area contributed by atoms with Crippen molar-refractivity contribution in [2.75, 3.05) is 13.7 Å². The van der Waals surface area contributed by atoms with Gasteiger partial charge in [0.1, 0.15) is 0 Å². The number of hydrogen-bond donors (Lipinski definition) is 2. The molecule has 2 N–H and O–H groups in total. The fourth-order valence-electron chi connectivity index (χ4n) is 1.53. The Bertz CT molecular complexity index is 416. The van der Waals surface area contributed by atoms with Gasteiger partial charge in [-0.15, -0.1) is 11.3 Å². The molecule has 0 aromatic carbocycles. The molecule has 1 aromatic rings. The van der Waals surface area contributed by atoms with Gasteiger partial charge in [-0.3, -0.25) is 9.59 Å². The summed E-state index contributed by atoms with van der Waals surface area (Å²) in [5.41, 5.74) is 1.00. The monoisotopic (exact) mass is 271 g/mol. The molecule has 0 spiro atoms. The summed E-state index contributed by atoms with van der Waals surface area (Å²) in [7, 11) is 1.43. The van der Waals surface area contributed by atoms with Gasteiger partial charge < -0.3 is 15.2 Å². The average molecular weight is 271 g/mol. The second kappa shape index (κ2) is 7.13. The first-order valence-electron chi connectivity index (χ1n) is 5.67. The number of carbonyl (C=O) groups excluding carboxylic acids is 1. The summed E-state index contributed by atoms with van der Waals surface area (Å²) in [6.45, 7) is 2.18. The fourth-order valence-corrected chi connectivity index (χ4v) is 2.45. The molecule has 0 saturated carbocycles. The molecule has 1 aromatic heterocycles. The Morgan fingerprint density at radius 2 is 2.28 bits per heavy atom. The maximum absolute atomic E-state index is 11.9. The van der Waals surface area contributed by atoms with Crippen LogP contribution in [0.1, 0.15) is 28.6 Å². The van der Waals surface area contributed by atoms with E-state index >= 15 is 0 Å². The molecule has 1 unspecified atom stereocenters. The number of ether oxygens (including phenoxy) is 1. The predicted octanol–water partition coefficient (Wildman–Crippen LogP) is 1.53. The lowest BCUT2D eigenvalue weighted by Gasteiger charge is -2.13. The first-order valence-corrected chi connectivity index (χ1v) is 6.55. The highest BCUT2D eigenvalue weighted by molar-refractivity contribution is 7.12. The number of carbonyl (C=O) groups is 2. The van der Waals surface area contributed by atoms with E-state index in [1.165, 1.54) is 18.4 Å². The van der Waals surface area contributed by atoms with E-state index in [-0.39, 0.29) is 18.9 Å². The molecule has 1 amide bonds. The summed E-state index contributed by atoms with van der Waals surface area (Å²) in [4.78, 5) is 23.1. The smallest absolute Gasteiger partial charge is 0.306 e. The van der Waals surface area contributed by atoms with Crippen LogP contribution in [0.5, 0.6) is 0 Å². The lowest BCUT2D eigenvalue weighted by molar-refractivity contribution is -0.139. The van der Waals surface area contributed by atoms with Gasteiger partial charge in [0.15, 0.2) is 0 Å². The highest BCUT2D eigenvalue weighted by Gasteiger charge is 2.16. The molecule has 0 aliphatic heterocycles. The Morgan fingerprint density at radius 1 is 1.56 bits per heavy atom. The summed E-state index contributed by atoms with van der Waals surface area (Å²) in [5, 5.41) is 13.2. The number of aliphatic carboxylic acids is 1. The van der Waals surface area contributed by atoms with E-state index in [4.69, 9.17) is 9.84 Å². The summed E-state index contributed by atoms with van der Waals surface area (Å²) in [6, 6.07) is 1.92. The molecule has 1 heterocycles. The average Bonchev–Trinajstić information content (AvgIpc) is 2.81. The zero-order valence-electron chi connectivity index (χ0n) is 10.4. The third-order valence-electron chi connectivity index (χ3n) is 2.56. The SMILES string of the molecule is CCc1ccsc1C(=O)NCC(CC(=O)O)OC. The second-order valence-corrected chi connectivity index (χ2v) is 4.71. The number of aryl methyl sites for hydroxylation is 1. The molecule has 0 bridgehead atoms. The van der Waals surface area contributed by atoms with Crippen LogP contribution in [-0.4, -0.2) is 36.7 Å². The molecule has 0 aliphatic carbocycles. The molecule has 0 radical (unpaired) electrons. The number of carboxylic acids is 1. The molecular formula is C12H17NO4S. The fraction of sp³-hybridized carbons (Fsp3) is 0.500. The van der Waals surface area contributed by atoms with E-state index in [1.807, 2.05) is 18.4 Å². The quantitative estimate of drug-likeness (QED) is 0.788. The number of methoxy groups -OCH3 is 1. The first kappa shape index (κ1) is 14.7. The lowest BCUT2D eigenvalue weighted by atomic mass is 10.2. The maximum atomic E-state index is 11.9. The molecule has 0 fully saturated rings. The van der Waals surface area contributed by atoms with Crippen molar-refractivity contribution >= 4 is 23.2 Å². The number of carboxylic acid groups (broad SMARTS) is 1. The Balaban J connectivity index is 2.52. The molecule has 100 valence electrons. The Labute approximate surface area is 110 Å². The standard InChI is InChI=1S/C12H17NO4S/c1-3-8-4-5-18-11(8)12(16)13-7-9(17-2)6-10(14)15/h4-5,9H,3,6-7H2,1-2H3,(H,13,16)(H,14,15). The van der Waals surface area contributed by atoms with Crippen molar-refractivity contribution in [3.05, 3.63) is 21.9 Å². The molecule has 5 nitrogen and oxygen atoms in total. The van der Waals surface area contributed by atoms with Crippen LogP contribution in [0, 0.1) is 0 Å². The third-order valence-corrected chi connectivity index (χ3v) is 3.52. The summed E-state index contributed by atoms with van der Waals surface area (Å²) in [6.07, 6.45) is 0.174. The lowest BCUT2D eigenvalue weighted by Crippen LogP contribution is -2.34. The zero-order chi connectivity index (χ0) is 13.5. The van der Waals surface area contributed by atoms with Gasteiger partial charge in [0.05, 0.1) is 17.4 Å². The molecular weight excluding hydrogens is 254 g/mol.